The number of nitrogens with zero attached hydrogens (tertiary/aromatic N) is 2. The number of rotatable bonds is 3. The van der Waals surface area contributed by atoms with Gasteiger partial charge in [-0.25, -0.2) is 4.98 Å². The quantitative estimate of drug-likeness (QED) is 0.832. The summed E-state index contributed by atoms with van der Waals surface area (Å²) >= 11 is 0. The lowest BCUT2D eigenvalue weighted by molar-refractivity contribution is 0.100. The van der Waals surface area contributed by atoms with E-state index < -0.39 is 5.91 Å². The third kappa shape index (κ3) is 2.71. The molecule has 1 aromatic carbocycles. The number of fused-ring (bicyclic) bond motifs is 1. The second-order valence-electron chi connectivity index (χ2n) is 5.09. The van der Waals surface area contributed by atoms with Crippen LogP contribution >= 0.6 is 0 Å². The average Bonchev–Trinajstić information content (AvgIpc) is 2.51. The van der Waals surface area contributed by atoms with Crippen molar-refractivity contribution in [2.24, 2.45) is 5.73 Å². The fraction of sp³-hybridized carbons (Fsp3) is 0.267. The second kappa shape index (κ2) is 5.49. The second-order valence-corrected chi connectivity index (χ2v) is 5.09. The van der Waals surface area contributed by atoms with E-state index in [2.05, 4.69) is 10.3 Å². The molecular formula is C15H16N4O2. The third-order valence-corrected chi connectivity index (χ3v) is 3.66. The molecule has 3 N–H and O–H groups in total. The van der Waals surface area contributed by atoms with Crippen LogP contribution in [0.4, 0.5) is 0 Å². The van der Waals surface area contributed by atoms with Gasteiger partial charge in [-0.1, -0.05) is 12.1 Å². The summed E-state index contributed by atoms with van der Waals surface area (Å²) in [5.41, 5.74) is 8.24. The van der Waals surface area contributed by atoms with Crippen molar-refractivity contribution in [3.8, 4) is 0 Å². The van der Waals surface area contributed by atoms with Gasteiger partial charge in [-0.2, -0.15) is 0 Å². The Labute approximate surface area is 121 Å². The summed E-state index contributed by atoms with van der Waals surface area (Å²) in [6, 6.07) is 6.93. The zero-order valence-electron chi connectivity index (χ0n) is 11.5. The number of benzene rings is 1. The lowest BCUT2D eigenvalue weighted by Gasteiger charge is -2.16. The maximum atomic E-state index is 12.4. The molecule has 108 valence electrons. The maximum Gasteiger partial charge on any atom is 0.257 e. The predicted octanol–water partition coefficient (Wildman–Crippen LogP) is 0.0362. The van der Waals surface area contributed by atoms with Gasteiger partial charge in [-0.15, -0.1) is 0 Å². The number of nitrogens with one attached hydrogen (secondary N) is 1. The Morgan fingerprint density at radius 3 is 2.81 bits per heavy atom. The SMILES string of the molecule is NC(=O)c1ccc(Cn2cnc3c(c2=O)CCNC3)cc1. The lowest BCUT2D eigenvalue weighted by atomic mass is 10.1. The summed E-state index contributed by atoms with van der Waals surface area (Å²) in [5.74, 6) is -0.457. The van der Waals surface area contributed by atoms with E-state index in [4.69, 9.17) is 5.73 Å². The molecule has 3 rings (SSSR count). The van der Waals surface area contributed by atoms with Gasteiger partial charge in [0.05, 0.1) is 18.6 Å². The van der Waals surface area contributed by atoms with Crippen molar-refractivity contribution >= 4 is 5.91 Å². The Kier molecular flexibility index (Phi) is 3.53. The molecule has 0 saturated carbocycles. The molecule has 6 heteroatoms. The Morgan fingerprint density at radius 2 is 2.10 bits per heavy atom. The zero-order chi connectivity index (χ0) is 14.8. The van der Waals surface area contributed by atoms with E-state index in [0.29, 0.717) is 25.1 Å². The molecule has 1 aromatic heterocycles. The highest BCUT2D eigenvalue weighted by Gasteiger charge is 2.15. The van der Waals surface area contributed by atoms with E-state index in [-0.39, 0.29) is 5.56 Å². The summed E-state index contributed by atoms with van der Waals surface area (Å²) < 4.78 is 1.60. The molecule has 1 amide bonds. The van der Waals surface area contributed by atoms with Crippen LogP contribution in [0.2, 0.25) is 0 Å². The molecule has 2 aromatic rings. The molecule has 0 spiro atoms. The van der Waals surface area contributed by atoms with E-state index in [9.17, 15) is 9.59 Å². The van der Waals surface area contributed by atoms with Crippen LogP contribution in [0.5, 0.6) is 0 Å². The van der Waals surface area contributed by atoms with Gasteiger partial charge >= 0.3 is 0 Å². The van der Waals surface area contributed by atoms with E-state index >= 15 is 0 Å². The molecule has 2 heterocycles. The van der Waals surface area contributed by atoms with Crippen molar-refractivity contribution in [1.29, 1.82) is 0 Å². The molecule has 21 heavy (non-hydrogen) atoms. The molecule has 0 fully saturated rings. The van der Waals surface area contributed by atoms with Crippen molar-refractivity contribution in [3.63, 3.8) is 0 Å². The number of carbonyl (C=O) groups excluding carboxylic acids is 1. The first-order valence-electron chi connectivity index (χ1n) is 6.82. The molecule has 1 aliphatic rings. The highest BCUT2D eigenvalue weighted by molar-refractivity contribution is 5.92. The van der Waals surface area contributed by atoms with Crippen LogP contribution < -0.4 is 16.6 Å². The Morgan fingerprint density at radius 1 is 1.33 bits per heavy atom. The van der Waals surface area contributed by atoms with Crippen LogP contribution in [-0.2, 0) is 19.5 Å². The van der Waals surface area contributed by atoms with Crippen LogP contribution in [0.15, 0.2) is 35.4 Å². The van der Waals surface area contributed by atoms with Crippen LogP contribution in [0.1, 0.15) is 27.2 Å². The molecule has 0 radical (unpaired) electrons. The average molecular weight is 284 g/mol. The Balaban J connectivity index is 1.88. The van der Waals surface area contributed by atoms with Gasteiger partial charge < -0.3 is 11.1 Å². The minimum Gasteiger partial charge on any atom is -0.366 e. The molecule has 0 saturated heterocycles. The molecule has 0 unspecified atom stereocenters. The van der Waals surface area contributed by atoms with E-state index in [1.807, 2.05) is 0 Å². The molecule has 1 aliphatic heterocycles. The number of hydrogen-bond donors (Lipinski definition) is 2. The van der Waals surface area contributed by atoms with Crippen LogP contribution in [0.3, 0.4) is 0 Å². The van der Waals surface area contributed by atoms with Crippen molar-refractivity contribution in [3.05, 3.63) is 63.3 Å². The summed E-state index contributed by atoms with van der Waals surface area (Å²) in [6.07, 6.45) is 2.29. The zero-order valence-corrected chi connectivity index (χ0v) is 11.5. The van der Waals surface area contributed by atoms with Crippen molar-refractivity contribution in [2.75, 3.05) is 6.54 Å². The first-order valence-corrected chi connectivity index (χ1v) is 6.82. The number of carbonyl (C=O) groups is 1. The monoisotopic (exact) mass is 284 g/mol. The highest BCUT2D eigenvalue weighted by atomic mass is 16.1. The first kappa shape index (κ1) is 13.5. The van der Waals surface area contributed by atoms with E-state index in [1.165, 1.54) is 0 Å². The smallest absolute Gasteiger partial charge is 0.257 e. The maximum absolute atomic E-state index is 12.4. The normalized spacial score (nSPS) is 13.7. The lowest BCUT2D eigenvalue weighted by Crippen LogP contribution is -2.34. The highest BCUT2D eigenvalue weighted by Crippen LogP contribution is 2.08. The Hall–Kier alpha value is -2.47. The first-order chi connectivity index (χ1) is 10.1. The van der Waals surface area contributed by atoms with E-state index in [0.717, 1.165) is 23.4 Å². The fourth-order valence-corrected chi connectivity index (χ4v) is 2.47. The van der Waals surface area contributed by atoms with Crippen LogP contribution in [0.25, 0.3) is 0 Å². The molecule has 0 aliphatic carbocycles. The van der Waals surface area contributed by atoms with Gasteiger partial charge in [0, 0.05) is 17.7 Å². The fourth-order valence-electron chi connectivity index (χ4n) is 2.47. The molecule has 6 nitrogen and oxygen atoms in total. The number of primary amides is 1. The van der Waals surface area contributed by atoms with Crippen molar-refractivity contribution in [1.82, 2.24) is 14.9 Å². The molecule has 0 atom stereocenters. The van der Waals surface area contributed by atoms with Gasteiger partial charge in [-0.05, 0) is 30.7 Å². The minimum atomic E-state index is -0.457. The predicted molar refractivity (Wildman–Crippen MR) is 78.0 cm³/mol. The number of amides is 1. The minimum absolute atomic E-state index is 0.0143. The van der Waals surface area contributed by atoms with Crippen LogP contribution in [-0.4, -0.2) is 22.0 Å². The number of nitrogens with two attached hydrogens (primary N) is 1. The largest absolute Gasteiger partial charge is 0.366 e. The van der Waals surface area contributed by atoms with Gasteiger partial charge in [0.25, 0.3) is 5.56 Å². The topological polar surface area (TPSA) is 90.0 Å². The summed E-state index contributed by atoms with van der Waals surface area (Å²) in [4.78, 5) is 27.8. The van der Waals surface area contributed by atoms with Gasteiger partial charge in [0.15, 0.2) is 0 Å². The van der Waals surface area contributed by atoms with Crippen molar-refractivity contribution < 1.29 is 4.79 Å². The third-order valence-electron chi connectivity index (χ3n) is 3.66. The number of aromatic nitrogens is 2. The van der Waals surface area contributed by atoms with Crippen LogP contribution in [0, 0.1) is 0 Å². The Bertz CT molecular complexity index is 734. The summed E-state index contributed by atoms with van der Waals surface area (Å²) in [6.45, 7) is 1.89. The van der Waals surface area contributed by atoms with E-state index in [1.54, 1.807) is 35.2 Å². The summed E-state index contributed by atoms with van der Waals surface area (Å²) in [7, 11) is 0. The molecule has 0 bridgehead atoms. The number of hydrogen-bond acceptors (Lipinski definition) is 4. The van der Waals surface area contributed by atoms with Gasteiger partial charge in [0.2, 0.25) is 5.91 Å². The van der Waals surface area contributed by atoms with Gasteiger partial charge in [0.1, 0.15) is 0 Å². The summed E-state index contributed by atoms with van der Waals surface area (Å²) in [5, 5.41) is 3.20. The van der Waals surface area contributed by atoms with Crippen molar-refractivity contribution in [2.45, 2.75) is 19.5 Å². The standard InChI is InChI=1S/C15H16N4O2/c16-14(20)11-3-1-10(2-4-11)8-19-9-18-13-7-17-6-5-12(13)15(19)21/h1-4,9,17H,5-8H2,(H2,16,20). The van der Waals surface area contributed by atoms with Gasteiger partial charge in [-0.3, -0.25) is 14.2 Å². The molecular weight excluding hydrogens is 268 g/mol.